The smallest absolute Gasteiger partial charge is 0.261 e. The molecule has 8 rings (SSSR count). The molecule has 2 bridgehead atoms. The minimum Gasteiger partial charge on any atom is -0.496 e. The molecule has 9 heteroatoms. The Bertz CT molecular complexity index is 1760. The van der Waals surface area contributed by atoms with Crippen LogP contribution in [0.1, 0.15) is 12.8 Å². The predicted molar refractivity (Wildman–Crippen MR) is 158 cm³/mol. The van der Waals surface area contributed by atoms with Crippen LogP contribution in [0.3, 0.4) is 0 Å². The summed E-state index contributed by atoms with van der Waals surface area (Å²) in [6.07, 6.45) is 2.30. The van der Waals surface area contributed by atoms with E-state index in [-0.39, 0.29) is 11.6 Å². The fourth-order valence-electron chi connectivity index (χ4n) is 6.17. The van der Waals surface area contributed by atoms with Gasteiger partial charge in [0.15, 0.2) is 0 Å². The van der Waals surface area contributed by atoms with Gasteiger partial charge in [0.2, 0.25) is 0 Å². The number of rotatable bonds is 5. The number of hydrogen-bond acceptors (Lipinski definition) is 5. The number of fused-ring (bicyclic) bond motifs is 5. The van der Waals surface area contributed by atoms with Gasteiger partial charge >= 0.3 is 0 Å². The monoisotopic (exact) mass is 559 g/mol. The fraction of sp³-hybridized carbons (Fsp3) is 0.267. The molecule has 0 aliphatic carbocycles. The van der Waals surface area contributed by atoms with Crippen molar-refractivity contribution in [1.29, 1.82) is 0 Å². The summed E-state index contributed by atoms with van der Waals surface area (Å²) in [4.78, 5) is 27.5. The van der Waals surface area contributed by atoms with Crippen LogP contribution in [0.2, 0.25) is 10.0 Å². The lowest BCUT2D eigenvalue weighted by molar-refractivity contribution is 0.0976. The number of hydrogen-bond donors (Lipinski definition) is 3. The Hall–Kier alpha value is -3.52. The number of aromatic amines is 2. The topological polar surface area (TPSA) is 86.0 Å². The highest BCUT2D eigenvalue weighted by atomic mass is 35.5. The molecule has 3 N–H and O–H groups in total. The van der Waals surface area contributed by atoms with Crippen molar-refractivity contribution in [1.82, 2.24) is 19.9 Å². The molecule has 7 nitrogen and oxygen atoms in total. The standard InChI is InChI=1S/C30H27Cl2N5O2/c1-39-26-14-24-20(13-19(26)18-7-6-17(31)12-21(18)32)28(33-25-15-37-10-8-16(25)9-11-37)27(30(38)36-24)29-34-22-4-2-3-5-23(22)35-29/h2-7,12-14,16,25H,8-11,15H2,1H3,(H,34,35)(H2,33,36,38)/t25-/m0/s1. The highest BCUT2D eigenvalue weighted by Gasteiger charge is 2.35. The Morgan fingerprint density at radius 2 is 1.82 bits per heavy atom. The van der Waals surface area contributed by atoms with Gasteiger partial charge in [0.25, 0.3) is 5.56 Å². The van der Waals surface area contributed by atoms with E-state index in [1.165, 1.54) is 0 Å². The molecule has 3 aliphatic heterocycles. The zero-order valence-electron chi connectivity index (χ0n) is 21.4. The number of nitrogens with zero attached hydrogens (tertiary/aromatic N) is 2. The molecule has 3 saturated heterocycles. The van der Waals surface area contributed by atoms with Gasteiger partial charge in [0, 0.05) is 40.2 Å². The normalized spacial score (nSPS) is 20.5. The zero-order valence-corrected chi connectivity index (χ0v) is 22.9. The van der Waals surface area contributed by atoms with Gasteiger partial charge in [0.1, 0.15) is 17.1 Å². The minimum absolute atomic E-state index is 0.218. The molecular formula is C30H27Cl2N5O2. The average molecular weight is 560 g/mol. The number of ether oxygens (including phenoxy) is 1. The van der Waals surface area contributed by atoms with Gasteiger partial charge in [-0.3, -0.25) is 4.79 Å². The lowest BCUT2D eigenvalue weighted by atomic mass is 9.83. The first-order chi connectivity index (χ1) is 19.0. The van der Waals surface area contributed by atoms with E-state index in [2.05, 4.69) is 20.2 Å². The van der Waals surface area contributed by atoms with Gasteiger partial charge in [-0.1, -0.05) is 41.4 Å². The van der Waals surface area contributed by atoms with Crippen molar-refractivity contribution in [3.63, 3.8) is 0 Å². The molecule has 5 heterocycles. The third kappa shape index (κ3) is 4.25. The SMILES string of the molecule is COc1cc2[nH]c(=O)c(-c3nc4ccccc4[nH]3)c(N[C@H]3CN4CCC3CC4)c2cc1-c1ccc(Cl)cc1Cl. The number of aromatic nitrogens is 3. The molecule has 5 aromatic rings. The van der Waals surface area contributed by atoms with Crippen LogP contribution in [-0.4, -0.2) is 52.6 Å². The molecule has 2 aromatic heterocycles. The van der Waals surface area contributed by atoms with Gasteiger partial charge in [-0.05, 0) is 62.2 Å². The lowest BCUT2D eigenvalue weighted by Crippen LogP contribution is -2.53. The second kappa shape index (κ2) is 9.59. The summed E-state index contributed by atoms with van der Waals surface area (Å²) in [7, 11) is 1.61. The van der Waals surface area contributed by atoms with E-state index in [0.717, 1.165) is 65.7 Å². The Balaban J connectivity index is 1.49. The maximum Gasteiger partial charge on any atom is 0.261 e. The van der Waals surface area contributed by atoms with E-state index in [9.17, 15) is 4.79 Å². The second-order valence-electron chi connectivity index (χ2n) is 10.4. The predicted octanol–water partition coefficient (Wildman–Crippen LogP) is 6.56. The molecule has 3 aromatic carbocycles. The largest absolute Gasteiger partial charge is 0.496 e. The van der Waals surface area contributed by atoms with Crippen LogP contribution in [-0.2, 0) is 0 Å². The maximum absolute atomic E-state index is 13.7. The Kier molecular flexibility index (Phi) is 6.03. The van der Waals surface area contributed by atoms with Crippen molar-refractivity contribution in [2.24, 2.45) is 5.92 Å². The first-order valence-corrected chi connectivity index (χ1v) is 13.9. The van der Waals surface area contributed by atoms with Crippen molar-refractivity contribution < 1.29 is 4.74 Å². The molecule has 198 valence electrons. The molecule has 3 fully saturated rings. The van der Waals surface area contributed by atoms with Crippen molar-refractivity contribution >= 4 is 50.8 Å². The van der Waals surface area contributed by atoms with E-state index in [1.54, 1.807) is 13.2 Å². The summed E-state index contributed by atoms with van der Waals surface area (Å²) in [5, 5.41) is 5.78. The average Bonchev–Trinajstić information content (AvgIpc) is 3.37. The maximum atomic E-state index is 13.7. The molecule has 0 unspecified atom stereocenters. The highest BCUT2D eigenvalue weighted by Crippen LogP contribution is 2.42. The first-order valence-electron chi connectivity index (χ1n) is 13.2. The molecule has 0 saturated carbocycles. The number of imidazole rings is 1. The van der Waals surface area contributed by atoms with Crippen LogP contribution in [0.25, 0.3) is 44.5 Å². The number of anilines is 1. The van der Waals surface area contributed by atoms with Crippen LogP contribution < -0.4 is 15.6 Å². The number of pyridine rings is 1. The first kappa shape index (κ1) is 24.5. The number of para-hydroxylation sites is 2. The summed E-state index contributed by atoms with van der Waals surface area (Å²) >= 11 is 12.8. The third-order valence-electron chi connectivity index (χ3n) is 8.17. The highest BCUT2D eigenvalue weighted by molar-refractivity contribution is 6.36. The van der Waals surface area contributed by atoms with Crippen molar-refractivity contribution in [2.45, 2.75) is 18.9 Å². The van der Waals surface area contributed by atoms with Gasteiger partial charge in [-0.15, -0.1) is 0 Å². The lowest BCUT2D eigenvalue weighted by Gasteiger charge is -2.45. The second-order valence-corrected chi connectivity index (χ2v) is 11.3. The van der Waals surface area contributed by atoms with E-state index < -0.39 is 0 Å². The molecule has 0 amide bonds. The van der Waals surface area contributed by atoms with Gasteiger partial charge < -0.3 is 24.9 Å². The van der Waals surface area contributed by atoms with Crippen LogP contribution in [0.5, 0.6) is 5.75 Å². The molecule has 3 aliphatic rings. The Labute approximate surface area is 235 Å². The Morgan fingerprint density at radius 3 is 2.54 bits per heavy atom. The quantitative estimate of drug-likeness (QED) is 0.227. The van der Waals surface area contributed by atoms with E-state index in [1.807, 2.05) is 48.5 Å². The van der Waals surface area contributed by atoms with Crippen molar-refractivity contribution in [3.8, 4) is 28.3 Å². The van der Waals surface area contributed by atoms with E-state index in [4.69, 9.17) is 32.9 Å². The van der Waals surface area contributed by atoms with Crippen LogP contribution in [0, 0.1) is 5.92 Å². The summed E-state index contributed by atoms with van der Waals surface area (Å²) in [6, 6.07) is 17.4. The number of H-pyrrole nitrogens is 2. The summed E-state index contributed by atoms with van der Waals surface area (Å²) < 4.78 is 5.76. The molecule has 0 radical (unpaired) electrons. The molecular weight excluding hydrogens is 533 g/mol. The molecule has 39 heavy (non-hydrogen) atoms. The number of methoxy groups -OCH3 is 1. The number of benzene rings is 3. The zero-order chi connectivity index (χ0) is 26.7. The van der Waals surface area contributed by atoms with Crippen LogP contribution in [0.15, 0.2) is 59.4 Å². The number of piperidine rings is 3. The summed E-state index contributed by atoms with van der Waals surface area (Å²) in [5.74, 6) is 1.69. The van der Waals surface area contributed by atoms with Crippen LogP contribution in [0.4, 0.5) is 5.69 Å². The van der Waals surface area contributed by atoms with E-state index in [0.29, 0.717) is 38.6 Å². The Morgan fingerprint density at radius 1 is 1.00 bits per heavy atom. The summed E-state index contributed by atoms with van der Waals surface area (Å²) in [6.45, 7) is 3.21. The number of nitrogens with one attached hydrogen (secondary N) is 3. The van der Waals surface area contributed by atoms with Crippen LogP contribution >= 0.6 is 23.2 Å². The van der Waals surface area contributed by atoms with Gasteiger partial charge in [-0.25, -0.2) is 4.98 Å². The van der Waals surface area contributed by atoms with Gasteiger partial charge in [-0.2, -0.15) is 0 Å². The van der Waals surface area contributed by atoms with Crippen molar-refractivity contribution in [3.05, 3.63) is 75.0 Å². The van der Waals surface area contributed by atoms with E-state index >= 15 is 0 Å². The number of halogens is 2. The fourth-order valence-corrected chi connectivity index (χ4v) is 6.68. The van der Waals surface area contributed by atoms with Gasteiger partial charge in [0.05, 0.1) is 34.4 Å². The summed E-state index contributed by atoms with van der Waals surface area (Å²) in [5.41, 5.74) is 5.01. The third-order valence-corrected chi connectivity index (χ3v) is 8.72. The minimum atomic E-state index is -0.218. The molecule has 1 atom stereocenters. The molecule has 0 spiro atoms. The van der Waals surface area contributed by atoms with Crippen molar-refractivity contribution in [2.75, 3.05) is 32.1 Å².